The van der Waals surface area contributed by atoms with Crippen molar-refractivity contribution in [1.29, 1.82) is 0 Å². The largest absolute Gasteiger partial charge is 0.382 e. The third-order valence-electron chi connectivity index (χ3n) is 4.77. The Kier molecular flexibility index (Phi) is 8.88. The number of amides is 1. The summed E-state index contributed by atoms with van der Waals surface area (Å²) in [7, 11) is -1.91. The van der Waals surface area contributed by atoms with Crippen LogP contribution in [0.15, 0.2) is 29.2 Å². The van der Waals surface area contributed by atoms with Gasteiger partial charge in [-0.1, -0.05) is 13.8 Å². The van der Waals surface area contributed by atoms with E-state index in [0.717, 1.165) is 6.42 Å². The number of sulfonamides is 1. The summed E-state index contributed by atoms with van der Waals surface area (Å²) < 4.78 is 37.5. The molecule has 1 saturated heterocycles. The zero-order valence-corrected chi connectivity index (χ0v) is 17.8. The molecule has 0 aliphatic carbocycles. The van der Waals surface area contributed by atoms with E-state index in [-0.39, 0.29) is 10.8 Å². The van der Waals surface area contributed by atoms with Crippen LogP contribution >= 0.6 is 0 Å². The van der Waals surface area contributed by atoms with Crippen molar-refractivity contribution in [3.8, 4) is 0 Å². The molecular formula is C20H32N2O5S. The summed E-state index contributed by atoms with van der Waals surface area (Å²) in [6.45, 7) is 7.37. The molecule has 7 nitrogen and oxygen atoms in total. The number of piperidine rings is 1. The number of carbonyl (C=O) groups is 1. The van der Waals surface area contributed by atoms with E-state index in [4.69, 9.17) is 9.47 Å². The highest BCUT2D eigenvalue weighted by atomic mass is 32.2. The summed E-state index contributed by atoms with van der Waals surface area (Å²) in [4.78, 5) is 12.4. The quantitative estimate of drug-likeness (QED) is 0.595. The molecule has 0 aromatic heterocycles. The first kappa shape index (κ1) is 22.8. The van der Waals surface area contributed by atoms with Gasteiger partial charge in [-0.25, -0.2) is 8.42 Å². The summed E-state index contributed by atoms with van der Waals surface area (Å²) in [5.74, 6) is 0.477. The highest BCUT2D eigenvalue weighted by Gasteiger charge is 2.31. The van der Waals surface area contributed by atoms with Gasteiger partial charge in [-0.2, -0.15) is 4.31 Å². The lowest BCUT2D eigenvalue weighted by Crippen LogP contribution is -2.42. The Hall–Kier alpha value is -1.48. The molecule has 1 aliphatic heterocycles. The lowest BCUT2D eigenvalue weighted by molar-refractivity contribution is 0.0688. The Morgan fingerprint density at radius 3 is 2.36 bits per heavy atom. The normalized spacial score (nSPS) is 20.8. The lowest BCUT2D eigenvalue weighted by atomic mass is 9.94. The van der Waals surface area contributed by atoms with Crippen LogP contribution in [0.25, 0.3) is 0 Å². The zero-order chi connectivity index (χ0) is 20.6. The van der Waals surface area contributed by atoms with Crippen molar-refractivity contribution in [2.75, 3.05) is 46.6 Å². The number of benzene rings is 1. The summed E-state index contributed by atoms with van der Waals surface area (Å²) in [5.41, 5.74) is 0.444. The van der Waals surface area contributed by atoms with Gasteiger partial charge in [-0.3, -0.25) is 4.79 Å². The van der Waals surface area contributed by atoms with Gasteiger partial charge in [0.25, 0.3) is 5.91 Å². The topological polar surface area (TPSA) is 84.9 Å². The molecule has 1 amide bonds. The average Bonchev–Trinajstić information content (AvgIpc) is 2.66. The molecular weight excluding hydrogens is 380 g/mol. The maximum Gasteiger partial charge on any atom is 0.251 e. The monoisotopic (exact) mass is 412 g/mol. The number of ether oxygens (including phenoxy) is 2. The van der Waals surface area contributed by atoms with Crippen LogP contribution in [-0.2, 0) is 19.5 Å². The number of hydrogen-bond donors (Lipinski definition) is 1. The SMILES string of the molecule is COCCOCCCNC(=O)c1ccc(S(=O)(=O)N2C[C@H](C)C[C@@H](C)C2)cc1. The standard InChI is InChI=1S/C20H32N2O5S/c1-16-13-17(2)15-22(14-16)28(24,25)19-7-5-18(6-8-19)20(23)21-9-4-10-27-12-11-26-3/h5-8,16-17H,4,9-15H2,1-3H3,(H,21,23)/t16-,17-/m1/s1. The van der Waals surface area contributed by atoms with Crippen molar-refractivity contribution >= 4 is 15.9 Å². The van der Waals surface area contributed by atoms with Crippen molar-refractivity contribution < 1.29 is 22.7 Å². The fourth-order valence-electron chi connectivity index (χ4n) is 3.45. The van der Waals surface area contributed by atoms with Crippen LogP contribution in [0, 0.1) is 11.8 Å². The smallest absolute Gasteiger partial charge is 0.251 e. The molecule has 1 aliphatic rings. The Bertz CT molecular complexity index is 711. The van der Waals surface area contributed by atoms with E-state index in [1.165, 1.54) is 12.1 Å². The number of carbonyl (C=O) groups excluding carboxylic acids is 1. The number of nitrogens with one attached hydrogen (secondary N) is 1. The molecule has 8 heteroatoms. The van der Waals surface area contributed by atoms with Gasteiger partial charge in [0.2, 0.25) is 10.0 Å². The molecule has 0 bridgehead atoms. The second-order valence-electron chi connectivity index (χ2n) is 7.51. The fraction of sp³-hybridized carbons (Fsp3) is 0.650. The first-order valence-electron chi connectivity index (χ1n) is 9.79. The van der Waals surface area contributed by atoms with Crippen molar-refractivity contribution in [3.05, 3.63) is 29.8 Å². The molecule has 2 rings (SSSR count). The third-order valence-corrected chi connectivity index (χ3v) is 6.62. The molecule has 1 fully saturated rings. The first-order valence-corrected chi connectivity index (χ1v) is 11.2. The van der Waals surface area contributed by atoms with Crippen LogP contribution in [0.5, 0.6) is 0 Å². The van der Waals surface area contributed by atoms with E-state index in [1.807, 2.05) is 0 Å². The van der Waals surface area contributed by atoms with E-state index in [1.54, 1.807) is 23.5 Å². The number of hydrogen-bond acceptors (Lipinski definition) is 5. The fourth-order valence-corrected chi connectivity index (χ4v) is 5.13. The van der Waals surface area contributed by atoms with Crippen molar-refractivity contribution in [3.63, 3.8) is 0 Å². The summed E-state index contributed by atoms with van der Waals surface area (Å²) in [6.07, 6.45) is 1.75. The van der Waals surface area contributed by atoms with Crippen LogP contribution in [0.3, 0.4) is 0 Å². The molecule has 1 aromatic carbocycles. The Morgan fingerprint density at radius 2 is 1.75 bits per heavy atom. The minimum absolute atomic E-state index is 0.221. The van der Waals surface area contributed by atoms with Crippen molar-refractivity contribution in [2.45, 2.75) is 31.6 Å². The molecule has 1 aromatic rings. The van der Waals surface area contributed by atoms with Crippen molar-refractivity contribution in [2.24, 2.45) is 11.8 Å². The van der Waals surface area contributed by atoms with Crippen LogP contribution in [0.4, 0.5) is 0 Å². The molecule has 0 unspecified atom stereocenters. The van der Waals surface area contributed by atoms with Gasteiger partial charge >= 0.3 is 0 Å². The second kappa shape index (κ2) is 10.9. The highest BCUT2D eigenvalue weighted by Crippen LogP contribution is 2.26. The van der Waals surface area contributed by atoms with Gasteiger partial charge in [0.15, 0.2) is 0 Å². The first-order chi connectivity index (χ1) is 13.3. The van der Waals surface area contributed by atoms with Crippen LogP contribution in [0.2, 0.25) is 0 Å². The Balaban J connectivity index is 1.87. The Morgan fingerprint density at radius 1 is 1.11 bits per heavy atom. The average molecular weight is 413 g/mol. The van der Waals surface area contributed by atoms with Crippen LogP contribution in [0.1, 0.15) is 37.0 Å². The molecule has 28 heavy (non-hydrogen) atoms. The Labute approximate surface area is 168 Å². The summed E-state index contributed by atoms with van der Waals surface area (Å²) >= 11 is 0. The van der Waals surface area contributed by atoms with Gasteiger partial charge in [-0.15, -0.1) is 0 Å². The minimum Gasteiger partial charge on any atom is -0.382 e. The van der Waals surface area contributed by atoms with E-state index in [2.05, 4.69) is 19.2 Å². The maximum absolute atomic E-state index is 12.9. The summed E-state index contributed by atoms with van der Waals surface area (Å²) in [5, 5.41) is 2.81. The van der Waals surface area contributed by atoms with E-state index >= 15 is 0 Å². The minimum atomic E-state index is -3.53. The van der Waals surface area contributed by atoms with E-state index < -0.39 is 10.0 Å². The van der Waals surface area contributed by atoms with Gasteiger partial charge in [-0.05, 0) is 48.9 Å². The van der Waals surface area contributed by atoms with E-state index in [0.29, 0.717) is 63.3 Å². The van der Waals surface area contributed by atoms with Gasteiger partial charge in [0.05, 0.1) is 18.1 Å². The summed E-state index contributed by atoms with van der Waals surface area (Å²) in [6, 6.07) is 6.16. The lowest BCUT2D eigenvalue weighted by Gasteiger charge is -2.34. The van der Waals surface area contributed by atoms with Gasteiger partial charge in [0.1, 0.15) is 0 Å². The number of rotatable bonds is 10. The second-order valence-corrected chi connectivity index (χ2v) is 9.45. The van der Waals surface area contributed by atoms with Gasteiger partial charge in [0, 0.05) is 38.9 Å². The van der Waals surface area contributed by atoms with Crippen molar-refractivity contribution in [1.82, 2.24) is 9.62 Å². The number of methoxy groups -OCH3 is 1. The molecule has 0 saturated carbocycles. The predicted molar refractivity (Wildman–Crippen MR) is 108 cm³/mol. The highest BCUT2D eigenvalue weighted by molar-refractivity contribution is 7.89. The molecule has 1 heterocycles. The number of nitrogens with zero attached hydrogens (tertiary/aromatic N) is 1. The van der Waals surface area contributed by atoms with Crippen LogP contribution < -0.4 is 5.32 Å². The predicted octanol–water partition coefficient (Wildman–Crippen LogP) is 2.14. The molecule has 1 N–H and O–H groups in total. The van der Waals surface area contributed by atoms with Gasteiger partial charge < -0.3 is 14.8 Å². The molecule has 0 spiro atoms. The third kappa shape index (κ3) is 6.55. The molecule has 0 radical (unpaired) electrons. The van der Waals surface area contributed by atoms with Crippen LogP contribution in [-0.4, -0.2) is 65.2 Å². The van der Waals surface area contributed by atoms with E-state index in [9.17, 15) is 13.2 Å². The zero-order valence-electron chi connectivity index (χ0n) is 17.0. The maximum atomic E-state index is 12.9. The molecule has 158 valence electrons. The molecule has 2 atom stereocenters.